The molecule has 4 aromatic rings. The van der Waals surface area contributed by atoms with E-state index in [2.05, 4.69) is 10.6 Å². The maximum atomic E-state index is 12.9. The molecule has 8 heteroatoms. The van der Waals surface area contributed by atoms with Crippen molar-refractivity contribution >= 4 is 69.6 Å². The molecule has 0 aromatic heterocycles. The van der Waals surface area contributed by atoms with Gasteiger partial charge in [-0.15, -0.1) is 0 Å². The van der Waals surface area contributed by atoms with Crippen molar-refractivity contribution in [1.29, 1.82) is 0 Å². The Bertz CT molecular complexity index is 1300. The van der Waals surface area contributed by atoms with Gasteiger partial charge in [-0.2, -0.15) is 0 Å². The fourth-order valence-corrected chi connectivity index (χ4v) is 4.37. The van der Waals surface area contributed by atoms with Crippen molar-refractivity contribution in [3.8, 4) is 11.1 Å². The summed E-state index contributed by atoms with van der Waals surface area (Å²) in [5.41, 5.74) is 3.09. The Hall–Kier alpha value is -3.02. The van der Waals surface area contributed by atoms with Crippen molar-refractivity contribution in [2.45, 2.75) is 0 Å². The zero-order chi connectivity index (χ0) is 24.2. The van der Waals surface area contributed by atoms with Gasteiger partial charge in [-0.05, 0) is 48.5 Å². The number of carbonyl (C=O) groups is 2. The van der Waals surface area contributed by atoms with Crippen LogP contribution in [0.4, 0.5) is 11.4 Å². The van der Waals surface area contributed by atoms with E-state index in [1.165, 1.54) is 12.1 Å². The molecule has 0 spiro atoms. The summed E-state index contributed by atoms with van der Waals surface area (Å²) in [4.78, 5) is 25.8. The predicted octanol–water partition coefficient (Wildman–Crippen LogP) is 8.47. The van der Waals surface area contributed by atoms with Gasteiger partial charge in [-0.25, -0.2) is 0 Å². The zero-order valence-electron chi connectivity index (χ0n) is 17.4. The number of carbonyl (C=O) groups excluding carboxylic acids is 2. The third-order valence-corrected chi connectivity index (χ3v) is 6.09. The second-order valence-corrected chi connectivity index (χ2v) is 8.94. The first-order chi connectivity index (χ1) is 16.3. The minimum Gasteiger partial charge on any atom is -0.321 e. The second kappa shape index (κ2) is 10.5. The van der Waals surface area contributed by atoms with Crippen LogP contribution in [0.2, 0.25) is 20.1 Å². The average Bonchev–Trinajstić information content (AvgIpc) is 2.79. The molecular weight excluding hydrogens is 514 g/mol. The number of para-hydroxylation sites is 2. The molecule has 0 saturated carbocycles. The monoisotopic (exact) mass is 528 g/mol. The standard InChI is InChI=1S/C26H16Cl4N2O2/c27-15-9-11-19(21(29)13-15)25(33)31-23-7-3-1-5-17(23)18-6-2-4-8-24(18)32-26(34)20-12-10-16(28)14-22(20)30/h1-14H,(H,31,33)(H,32,34). The van der Waals surface area contributed by atoms with Crippen LogP contribution in [0.5, 0.6) is 0 Å². The minimum atomic E-state index is -0.386. The molecule has 2 amide bonds. The Morgan fingerprint density at radius 1 is 0.529 bits per heavy atom. The highest BCUT2D eigenvalue weighted by molar-refractivity contribution is 6.38. The first-order valence-corrected chi connectivity index (χ1v) is 11.6. The molecule has 0 bridgehead atoms. The van der Waals surface area contributed by atoms with Crippen LogP contribution in [0.1, 0.15) is 20.7 Å². The molecule has 0 aliphatic carbocycles. The molecule has 4 aromatic carbocycles. The number of benzene rings is 4. The van der Waals surface area contributed by atoms with Crippen molar-refractivity contribution in [1.82, 2.24) is 0 Å². The lowest BCUT2D eigenvalue weighted by Crippen LogP contribution is -2.14. The predicted molar refractivity (Wildman–Crippen MR) is 141 cm³/mol. The zero-order valence-corrected chi connectivity index (χ0v) is 20.4. The highest BCUT2D eigenvalue weighted by Crippen LogP contribution is 2.35. The summed E-state index contributed by atoms with van der Waals surface area (Å²) in [6.45, 7) is 0. The quantitative estimate of drug-likeness (QED) is 0.272. The van der Waals surface area contributed by atoms with Crippen LogP contribution in [0, 0.1) is 0 Å². The van der Waals surface area contributed by atoms with E-state index >= 15 is 0 Å². The third-order valence-electron chi connectivity index (χ3n) is 4.99. The maximum Gasteiger partial charge on any atom is 0.257 e. The molecule has 34 heavy (non-hydrogen) atoms. The fraction of sp³-hybridized carbons (Fsp3) is 0. The first-order valence-electron chi connectivity index (χ1n) is 10.0. The molecule has 0 aliphatic rings. The summed E-state index contributed by atoms with van der Waals surface area (Å²) >= 11 is 24.3. The Labute approximate surface area is 216 Å². The molecule has 0 unspecified atom stereocenters. The van der Waals surface area contributed by atoms with Crippen molar-refractivity contribution in [3.05, 3.63) is 116 Å². The average molecular weight is 530 g/mol. The molecule has 2 N–H and O–H groups in total. The number of anilines is 2. The first kappa shape index (κ1) is 24.1. The molecule has 0 radical (unpaired) electrons. The number of hydrogen-bond acceptors (Lipinski definition) is 2. The van der Waals surface area contributed by atoms with Crippen LogP contribution >= 0.6 is 46.4 Å². The van der Waals surface area contributed by atoms with Gasteiger partial charge in [-0.1, -0.05) is 82.8 Å². The molecular formula is C26H16Cl4N2O2. The van der Waals surface area contributed by atoms with E-state index in [4.69, 9.17) is 46.4 Å². The Kier molecular flexibility index (Phi) is 7.44. The van der Waals surface area contributed by atoms with Crippen molar-refractivity contribution in [2.24, 2.45) is 0 Å². The second-order valence-electron chi connectivity index (χ2n) is 7.25. The Balaban J connectivity index is 1.66. The summed E-state index contributed by atoms with van der Waals surface area (Å²) in [5, 5.41) is 7.16. The molecule has 170 valence electrons. The summed E-state index contributed by atoms with van der Waals surface area (Å²) in [5.74, 6) is -0.771. The summed E-state index contributed by atoms with van der Waals surface area (Å²) in [6, 6.07) is 23.9. The number of hydrogen-bond donors (Lipinski definition) is 2. The topological polar surface area (TPSA) is 58.2 Å². The Morgan fingerprint density at radius 3 is 1.29 bits per heavy atom. The van der Waals surface area contributed by atoms with Gasteiger partial charge in [-0.3, -0.25) is 9.59 Å². The number of halogens is 4. The SMILES string of the molecule is O=C(Nc1ccccc1-c1ccccc1NC(=O)c1ccc(Cl)cc1Cl)c1ccc(Cl)cc1Cl. The van der Waals surface area contributed by atoms with E-state index < -0.39 is 0 Å². The molecule has 4 nitrogen and oxygen atoms in total. The number of amides is 2. The summed E-state index contributed by atoms with van der Waals surface area (Å²) < 4.78 is 0. The van der Waals surface area contributed by atoms with Gasteiger partial charge < -0.3 is 10.6 Å². The van der Waals surface area contributed by atoms with E-state index in [-0.39, 0.29) is 21.9 Å². The number of rotatable bonds is 5. The van der Waals surface area contributed by atoms with Gasteiger partial charge in [0.2, 0.25) is 0 Å². The van der Waals surface area contributed by atoms with Gasteiger partial charge in [0.25, 0.3) is 11.8 Å². The van der Waals surface area contributed by atoms with Gasteiger partial charge in [0.05, 0.1) is 21.2 Å². The molecule has 0 saturated heterocycles. The molecule has 0 atom stereocenters. The van der Waals surface area contributed by atoms with Crippen molar-refractivity contribution in [2.75, 3.05) is 10.6 Å². The van der Waals surface area contributed by atoms with E-state index in [9.17, 15) is 9.59 Å². The van der Waals surface area contributed by atoms with Crippen LogP contribution < -0.4 is 10.6 Å². The maximum absolute atomic E-state index is 12.9. The van der Waals surface area contributed by atoms with E-state index in [1.54, 1.807) is 48.5 Å². The van der Waals surface area contributed by atoms with E-state index in [1.807, 2.05) is 24.3 Å². The third kappa shape index (κ3) is 5.37. The molecule has 0 fully saturated rings. The van der Waals surface area contributed by atoms with Crippen LogP contribution in [-0.2, 0) is 0 Å². The molecule has 0 aliphatic heterocycles. The summed E-state index contributed by atoms with van der Waals surface area (Å²) in [6.07, 6.45) is 0. The van der Waals surface area contributed by atoms with Crippen LogP contribution in [-0.4, -0.2) is 11.8 Å². The fourth-order valence-electron chi connectivity index (χ4n) is 3.38. The lowest BCUT2D eigenvalue weighted by molar-refractivity contribution is 0.101. The van der Waals surface area contributed by atoms with Crippen LogP contribution in [0.25, 0.3) is 11.1 Å². The highest BCUT2D eigenvalue weighted by atomic mass is 35.5. The van der Waals surface area contributed by atoms with Gasteiger partial charge in [0.1, 0.15) is 0 Å². The van der Waals surface area contributed by atoms with Gasteiger partial charge >= 0.3 is 0 Å². The summed E-state index contributed by atoms with van der Waals surface area (Å²) in [7, 11) is 0. The van der Waals surface area contributed by atoms with Crippen molar-refractivity contribution < 1.29 is 9.59 Å². The lowest BCUT2D eigenvalue weighted by atomic mass is 10.0. The normalized spacial score (nSPS) is 10.6. The Morgan fingerprint density at radius 2 is 0.912 bits per heavy atom. The minimum absolute atomic E-state index is 0.245. The van der Waals surface area contributed by atoms with Crippen molar-refractivity contribution in [3.63, 3.8) is 0 Å². The van der Waals surface area contributed by atoms with Crippen LogP contribution in [0.15, 0.2) is 84.9 Å². The van der Waals surface area contributed by atoms with Crippen LogP contribution in [0.3, 0.4) is 0 Å². The largest absolute Gasteiger partial charge is 0.321 e. The van der Waals surface area contributed by atoms with E-state index in [0.29, 0.717) is 43.7 Å². The van der Waals surface area contributed by atoms with Gasteiger partial charge in [0.15, 0.2) is 0 Å². The lowest BCUT2D eigenvalue weighted by Gasteiger charge is -2.16. The van der Waals surface area contributed by atoms with E-state index in [0.717, 1.165) is 0 Å². The molecule has 0 heterocycles. The smallest absolute Gasteiger partial charge is 0.257 e. The molecule has 4 rings (SSSR count). The highest BCUT2D eigenvalue weighted by Gasteiger charge is 2.17. The van der Waals surface area contributed by atoms with Gasteiger partial charge in [0, 0.05) is 32.5 Å². The number of nitrogens with one attached hydrogen (secondary N) is 2.